The summed E-state index contributed by atoms with van der Waals surface area (Å²) in [6.45, 7) is 0.398. The highest BCUT2D eigenvalue weighted by Crippen LogP contribution is 2.40. The van der Waals surface area contributed by atoms with Crippen molar-refractivity contribution in [3.63, 3.8) is 0 Å². The molecule has 0 aromatic heterocycles. The summed E-state index contributed by atoms with van der Waals surface area (Å²) >= 11 is 20.1. The van der Waals surface area contributed by atoms with Crippen LogP contribution in [0.1, 0.15) is 16.7 Å². The van der Waals surface area contributed by atoms with Crippen LogP contribution < -0.4 is 9.47 Å². The third-order valence-electron chi connectivity index (χ3n) is 5.10. The standard InChI is InChI=1S/C25H17Br2Cl2NO4S/c1-33-21-9-14(8-19(27)23(21)34-13-16-6-7-17(28)11-20(16)29)10-22-24(31)30(25(32)35-22)12-15-4-2-3-5-18(15)26/h2-11H,12-13H2,1H3/b22-10+. The number of carbonyl (C=O) groups excluding carboxylic acids is 2. The van der Waals surface area contributed by atoms with E-state index in [1.165, 1.54) is 12.0 Å². The van der Waals surface area contributed by atoms with Gasteiger partial charge in [0.2, 0.25) is 0 Å². The molecule has 0 N–H and O–H groups in total. The summed E-state index contributed by atoms with van der Waals surface area (Å²) in [5, 5.41) is 0.730. The van der Waals surface area contributed by atoms with Gasteiger partial charge in [-0.3, -0.25) is 14.5 Å². The number of halogens is 4. The number of imide groups is 1. The molecule has 3 aromatic rings. The van der Waals surface area contributed by atoms with Gasteiger partial charge in [0.25, 0.3) is 11.1 Å². The normalized spacial score (nSPS) is 14.7. The van der Waals surface area contributed by atoms with E-state index in [2.05, 4.69) is 31.9 Å². The van der Waals surface area contributed by atoms with Gasteiger partial charge < -0.3 is 9.47 Å². The van der Waals surface area contributed by atoms with Crippen LogP contribution in [0.4, 0.5) is 4.79 Å². The molecule has 10 heteroatoms. The molecular formula is C25H17Br2Cl2NO4S. The zero-order valence-corrected chi connectivity index (χ0v) is 23.7. The van der Waals surface area contributed by atoms with Crippen molar-refractivity contribution in [3.8, 4) is 11.5 Å². The second-order valence-electron chi connectivity index (χ2n) is 7.42. The average molecular weight is 658 g/mol. The number of benzene rings is 3. The van der Waals surface area contributed by atoms with E-state index in [9.17, 15) is 9.59 Å². The molecule has 1 saturated heterocycles. The van der Waals surface area contributed by atoms with Crippen LogP contribution in [0.2, 0.25) is 10.0 Å². The summed E-state index contributed by atoms with van der Waals surface area (Å²) in [5.41, 5.74) is 2.30. The molecule has 0 spiro atoms. The first kappa shape index (κ1) is 26.1. The number of methoxy groups -OCH3 is 1. The Morgan fingerprint density at radius 3 is 2.49 bits per heavy atom. The predicted octanol–water partition coefficient (Wildman–Crippen LogP) is 8.34. The summed E-state index contributed by atoms with van der Waals surface area (Å²) in [6, 6.07) is 16.2. The Kier molecular flexibility index (Phi) is 8.50. The fourth-order valence-corrected chi connectivity index (χ4v) is 5.62. The van der Waals surface area contributed by atoms with E-state index in [1.54, 1.807) is 36.4 Å². The maximum absolute atomic E-state index is 13.0. The molecule has 1 aliphatic rings. The SMILES string of the molecule is COc1cc(/C=C2/SC(=O)N(Cc3ccccc3Br)C2=O)cc(Br)c1OCc1ccc(Cl)cc1Cl. The molecule has 0 atom stereocenters. The Balaban J connectivity index is 1.54. The Bertz CT molecular complexity index is 1350. The lowest BCUT2D eigenvalue weighted by atomic mass is 10.1. The van der Waals surface area contributed by atoms with Gasteiger partial charge in [0, 0.05) is 20.1 Å². The van der Waals surface area contributed by atoms with Crippen molar-refractivity contribution in [1.29, 1.82) is 0 Å². The van der Waals surface area contributed by atoms with Gasteiger partial charge in [0.15, 0.2) is 11.5 Å². The van der Waals surface area contributed by atoms with Crippen LogP contribution in [0.3, 0.4) is 0 Å². The number of rotatable bonds is 7. The molecule has 1 heterocycles. The van der Waals surface area contributed by atoms with Crippen LogP contribution in [0.15, 0.2) is 68.4 Å². The van der Waals surface area contributed by atoms with E-state index in [1.807, 2.05) is 24.3 Å². The Morgan fingerprint density at radius 2 is 1.77 bits per heavy atom. The number of ether oxygens (including phenoxy) is 2. The highest BCUT2D eigenvalue weighted by molar-refractivity contribution is 9.10. The smallest absolute Gasteiger partial charge is 0.293 e. The van der Waals surface area contributed by atoms with Crippen molar-refractivity contribution in [1.82, 2.24) is 4.90 Å². The third kappa shape index (κ3) is 6.06. The predicted molar refractivity (Wildman–Crippen MR) is 147 cm³/mol. The van der Waals surface area contributed by atoms with Gasteiger partial charge in [-0.05, 0) is 75.2 Å². The summed E-state index contributed by atoms with van der Waals surface area (Å²) < 4.78 is 12.9. The number of hydrogen-bond acceptors (Lipinski definition) is 5. The highest BCUT2D eigenvalue weighted by atomic mass is 79.9. The van der Waals surface area contributed by atoms with Crippen LogP contribution >= 0.6 is 66.8 Å². The van der Waals surface area contributed by atoms with E-state index in [-0.39, 0.29) is 24.3 Å². The third-order valence-corrected chi connectivity index (χ3v) is 7.95. The highest BCUT2D eigenvalue weighted by Gasteiger charge is 2.35. The maximum atomic E-state index is 13.0. The van der Waals surface area contributed by atoms with E-state index in [0.717, 1.165) is 27.4 Å². The number of carbonyl (C=O) groups is 2. The lowest BCUT2D eigenvalue weighted by Crippen LogP contribution is -2.27. The molecule has 0 unspecified atom stereocenters. The van der Waals surface area contributed by atoms with Gasteiger partial charge in [-0.2, -0.15) is 0 Å². The lowest BCUT2D eigenvalue weighted by molar-refractivity contribution is -0.123. The van der Waals surface area contributed by atoms with E-state index < -0.39 is 0 Å². The summed E-state index contributed by atoms with van der Waals surface area (Å²) in [4.78, 5) is 27.1. The van der Waals surface area contributed by atoms with Crippen molar-refractivity contribution in [2.45, 2.75) is 13.2 Å². The van der Waals surface area contributed by atoms with E-state index in [0.29, 0.717) is 36.5 Å². The Labute approximate surface area is 233 Å². The molecule has 1 aliphatic heterocycles. The molecule has 0 aliphatic carbocycles. The Hall–Kier alpha value is -1.97. The number of amides is 2. The molecule has 4 rings (SSSR count). The zero-order chi connectivity index (χ0) is 25.1. The first-order valence-corrected chi connectivity index (χ1v) is 13.4. The number of hydrogen-bond donors (Lipinski definition) is 0. The Morgan fingerprint density at radius 1 is 1.00 bits per heavy atom. The van der Waals surface area contributed by atoms with Gasteiger partial charge in [-0.15, -0.1) is 0 Å². The minimum absolute atomic E-state index is 0.191. The molecule has 180 valence electrons. The van der Waals surface area contributed by atoms with Crippen LogP contribution in [0, 0.1) is 0 Å². The molecule has 5 nitrogen and oxygen atoms in total. The van der Waals surface area contributed by atoms with Crippen molar-refractivity contribution < 1.29 is 19.1 Å². The topological polar surface area (TPSA) is 55.8 Å². The van der Waals surface area contributed by atoms with Gasteiger partial charge in [0.05, 0.1) is 23.0 Å². The second-order valence-corrected chi connectivity index (χ2v) is 11.0. The molecule has 0 saturated carbocycles. The van der Waals surface area contributed by atoms with Crippen molar-refractivity contribution >= 4 is 84.0 Å². The van der Waals surface area contributed by atoms with Gasteiger partial charge in [0.1, 0.15) is 6.61 Å². The molecule has 3 aromatic carbocycles. The summed E-state index contributed by atoms with van der Waals surface area (Å²) in [7, 11) is 1.53. The zero-order valence-electron chi connectivity index (χ0n) is 18.2. The number of thioether (sulfide) groups is 1. The average Bonchev–Trinajstić information content (AvgIpc) is 3.07. The van der Waals surface area contributed by atoms with Gasteiger partial charge in [-0.1, -0.05) is 63.4 Å². The first-order chi connectivity index (χ1) is 16.8. The fraction of sp³-hybridized carbons (Fsp3) is 0.120. The van der Waals surface area contributed by atoms with Crippen molar-refractivity contribution in [2.24, 2.45) is 0 Å². The van der Waals surface area contributed by atoms with Gasteiger partial charge >= 0.3 is 0 Å². The van der Waals surface area contributed by atoms with Crippen LogP contribution in [-0.4, -0.2) is 23.2 Å². The largest absolute Gasteiger partial charge is 0.493 e. The van der Waals surface area contributed by atoms with E-state index >= 15 is 0 Å². The maximum Gasteiger partial charge on any atom is 0.293 e. The molecule has 2 amide bonds. The van der Waals surface area contributed by atoms with Crippen LogP contribution in [-0.2, 0) is 17.9 Å². The molecule has 1 fully saturated rings. The minimum Gasteiger partial charge on any atom is -0.493 e. The summed E-state index contributed by atoms with van der Waals surface area (Å²) in [6.07, 6.45) is 1.66. The fourth-order valence-electron chi connectivity index (χ4n) is 3.34. The van der Waals surface area contributed by atoms with E-state index in [4.69, 9.17) is 32.7 Å². The van der Waals surface area contributed by atoms with Crippen LogP contribution in [0.25, 0.3) is 6.08 Å². The molecule has 0 radical (unpaired) electrons. The molecular weight excluding hydrogens is 641 g/mol. The first-order valence-electron chi connectivity index (χ1n) is 10.2. The number of nitrogens with zero attached hydrogens (tertiary/aromatic N) is 1. The van der Waals surface area contributed by atoms with Crippen molar-refractivity contribution in [2.75, 3.05) is 7.11 Å². The lowest BCUT2D eigenvalue weighted by Gasteiger charge is -2.15. The van der Waals surface area contributed by atoms with Crippen LogP contribution in [0.5, 0.6) is 11.5 Å². The summed E-state index contributed by atoms with van der Waals surface area (Å²) in [5.74, 6) is 0.601. The van der Waals surface area contributed by atoms with Crippen molar-refractivity contribution in [3.05, 3.63) is 95.2 Å². The second kappa shape index (κ2) is 11.4. The molecule has 35 heavy (non-hydrogen) atoms. The minimum atomic E-state index is -0.344. The quantitative estimate of drug-likeness (QED) is 0.239. The molecule has 0 bridgehead atoms. The monoisotopic (exact) mass is 655 g/mol. The van der Waals surface area contributed by atoms with Gasteiger partial charge in [-0.25, -0.2) is 0 Å².